The number of ether oxygens (including phenoxy) is 1. The van der Waals surface area contributed by atoms with E-state index in [4.69, 9.17) is 10.5 Å². The predicted molar refractivity (Wildman–Crippen MR) is 102 cm³/mol. The average Bonchev–Trinajstić information content (AvgIpc) is 2.90. The maximum Gasteiger partial charge on any atom is 0.348 e. The number of thiophene rings is 1. The molecule has 0 saturated carbocycles. The molecule has 8 heteroatoms. The normalized spacial score (nSPS) is 11.0. The molecular formula is C19H19FN2O4S. The number of rotatable bonds is 6. The molecule has 6 nitrogen and oxygen atoms in total. The molecule has 0 fully saturated rings. The number of hydrogen-bond acceptors (Lipinski definition) is 5. The minimum absolute atomic E-state index is 0.0687. The van der Waals surface area contributed by atoms with E-state index < -0.39 is 17.8 Å². The molecule has 0 saturated heterocycles. The average molecular weight is 390 g/mol. The first-order valence-corrected chi connectivity index (χ1v) is 8.89. The van der Waals surface area contributed by atoms with Crippen LogP contribution in [0.2, 0.25) is 0 Å². The largest absolute Gasteiger partial charge is 0.459 e. The van der Waals surface area contributed by atoms with Crippen LogP contribution in [0.15, 0.2) is 30.3 Å². The minimum Gasteiger partial charge on any atom is -0.459 e. The topological polar surface area (TPSA) is 98.5 Å². The van der Waals surface area contributed by atoms with Gasteiger partial charge < -0.3 is 15.8 Å². The smallest absolute Gasteiger partial charge is 0.348 e. The standard InChI is InChI=1S/C19H19FN2O4S/c1-10(2)26-19(25)16-11(3)15(17(21)24)18(27-16)22-14(23)9-6-12-4-7-13(20)8-5-12/h4-10H,1-3H3,(H2,21,24)(H,22,23)/b9-6+. The Hall–Kier alpha value is -3.00. The molecule has 1 heterocycles. The molecule has 0 radical (unpaired) electrons. The summed E-state index contributed by atoms with van der Waals surface area (Å²) in [7, 11) is 0. The maximum atomic E-state index is 12.9. The van der Waals surface area contributed by atoms with Gasteiger partial charge in [0.05, 0.1) is 11.7 Å². The number of nitrogens with two attached hydrogens (primary N) is 1. The van der Waals surface area contributed by atoms with Gasteiger partial charge in [-0.05, 0) is 50.1 Å². The summed E-state index contributed by atoms with van der Waals surface area (Å²) in [5.41, 5.74) is 6.45. The zero-order valence-electron chi connectivity index (χ0n) is 15.0. The van der Waals surface area contributed by atoms with Gasteiger partial charge in [0.1, 0.15) is 15.7 Å². The molecule has 0 aliphatic carbocycles. The molecule has 3 N–H and O–H groups in total. The van der Waals surface area contributed by atoms with Crippen LogP contribution in [0.1, 0.15) is 45.0 Å². The third-order valence-electron chi connectivity index (χ3n) is 3.46. The molecular weight excluding hydrogens is 371 g/mol. The summed E-state index contributed by atoms with van der Waals surface area (Å²) in [6, 6.07) is 5.59. The van der Waals surface area contributed by atoms with Crippen LogP contribution in [0, 0.1) is 12.7 Å². The number of halogens is 1. The minimum atomic E-state index is -0.759. The van der Waals surface area contributed by atoms with Crippen LogP contribution in [-0.4, -0.2) is 23.9 Å². The lowest BCUT2D eigenvalue weighted by Crippen LogP contribution is -2.16. The number of amides is 2. The number of nitrogens with one attached hydrogen (secondary N) is 1. The van der Waals surface area contributed by atoms with E-state index in [1.54, 1.807) is 20.8 Å². The van der Waals surface area contributed by atoms with Crippen molar-refractivity contribution >= 4 is 40.2 Å². The molecule has 142 valence electrons. The highest BCUT2D eigenvalue weighted by Gasteiger charge is 2.25. The first-order chi connectivity index (χ1) is 12.7. The van der Waals surface area contributed by atoms with Crippen molar-refractivity contribution in [3.8, 4) is 0 Å². The second-order valence-corrected chi connectivity index (χ2v) is 6.97. The molecule has 0 aliphatic rings. The molecule has 27 heavy (non-hydrogen) atoms. The lowest BCUT2D eigenvalue weighted by Gasteiger charge is -2.06. The van der Waals surface area contributed by atoms with E-state index >= 15 is 0 Å². The number of anilines is 1. The summed E-state index contributed by atoms with van der Waals surface area (Å²) >= 11 is 0.926. The van der Waals surface area contributed by atoms with Crippen molar-refractivity contribution in [2.75, 3.05) is 5.32 Å². The molecule has 0 aliphatic heterocycles. The van der Waals surface area contributed by atoms with Gasteiger partial charge in [0.2, 0.25) is 5.91 Å². The van der Waals surface area contributed by atoms with Crippen LogP contribution in [0.5, 0.6) is 0 Å². The van der Waals surface area contributed by atoms with E-state index in [0.717, 1.165) is 11.3 Å². The van der Waals surface area contributed by atoms with Gasteiger partial charge in [-0.15, -0.1) is 11.3 Å². The van der Waals surface area contributed by atoms with Crippen LogP contribution in [0.3, 0.4) is 0 Å². The predicted octanol–water partition coefficient (Wildman–Crippen LogP) is 3.51. The zero-order chi connectivity index (χ0) is 20.1. The molecule has 0 atom stereocenters. The molecule has 0 bridgehead atoms. The Morgan fingerprint density at radius 1 is 1.22 bits per heavy atom. The van der Waals surface area contributed by atoms with Crippen LogP contribution in [-0.2, 0) is 9.53 Å². The van der Waals surface area contributed by atoms with Crippen molar-refractivity contribution in [2.45, 2.75) is 26.9 Å². The molecule has 0 spiro atoms. The fourth-order valence-corrected chi connectivity index (χ4v) is 3.36. The van der Waals surface area contributed by atoms with Crippen molar-refractivity contribution < 1.29 is 23.5 Å². The number of hydrogen-bond donors (Lipinski definition) is 2. The number of carbonyl (C=O) groups excluding carboxylic acids is 3. The molecule has 2 aromatic rings. The van der Waals surface area contributed by atoms with Gasteiger partial charge >= 0.3 is 5.97 Å². The van der Waals surface area contributed by atoms with E-state index in [-0.39, 0.29) is 27.4 Å². The molecule has 0 unspecified atom stereocenters. The Kier molecular flexibility index (Phi) is 6.46. The van der Waals surface area contributed by atoms with Crippen molar-refractivity contribution in [2.24, 2.45) is 5.73 Å². The summed E-state index contributed by atoms with van der Waals surface area (Å²) in [4.78, 5) is 36.3. The van der Waals surface area contributed by atoms with Crippen LogP contribution in [0.4, 0.5) is 9.39 Å². The van der Waals surface area contributed by atoms with E-state index in [9.17, 15) is 18.8 Å². The van der Waals surface area contributed by atoms with Gasteiger partial charge in [-0.2, -0.15) is 0 Å². The lowest BCUT2D eigenvalue weighted by atomic mass is 10.1. The quantitative estimate of drug-likeness (QED) is 0.582. The van der Waals surface area contributed by atoms with E-state index in [2.05, 4.69) is 5.32 Å². The summed E-state index contributed by atoms with van der Waals surface area (Å²) in [5.74, 6) is -2.24. The summed E-state index contributed by atoms with van der Waals surface area (Å²) < 4.78 is 18.0. The van der Waals surface area contributed by atoms with Gasteiger partial charge in [0.15, 0.2) is 0 Å². The number of primary amides is 1. The number of esters is 1. The second-order valence-electron chi connectivity index (χ2n) is 5.95. The SMILES string of the molecule is Cc1c(C(=O)OC(C)C)sc(NC(=O)/C=C/c2ccc(F)cc2)c1C(N)=O. The number of carbonyl (C=O) groups is 3. The molecule has 1 aromatic carbocycles. The second kappa shape index (κ2) is 8.59. The molecule has 2 amide bonds. The van der Waals surface area contributed by atoms with E-state index in [1.807, 2.05) is 0 Å². The summed E-state index contributed by atoms with van der Waals surface area (Å²) in [5, 5.41) is 2.72. The third kappa shape index (κ3) is 5.24. The van der Waals surface area contributed by atoms with Gasteiger partial charge in [-0.3, -0.25) is 9.59 Å². The van der Waals surface area contributed by atoms with Crippen molar-refractivity contribution in [3.05, 3.63) is 57.7 Å². The monoisotopic (exact) mass is 390 g/mol. The Bertz CT molecular complexity index is 901. The summed E-state index contributed by atoms with van der Waals surface area (Å²) in [6.07, 6.45) is 2.40. The Morgan fingerprint density at radius 3 is 2.41 bits per heavy atom. The molecule has 1 aromatic heterocycles. The van der Waals surface area contributed by atoms with Crippen molar-refractivity contribution in [1.29, 1.82) is 0 Å². The van der Waals surface area contributed by atoms with Crippen LogP contribution >= 0.6 is 11.3 Å². The van der Waals surface area contributed by atoms with Gasteiger partial charge in [-0.25, -0.2) is 9.18 Å². The Morgan fingerprint density at radius 2 is 1.85 bits per heavy atom. The van der Waals surface area contributed by atoms with Crippen molar-refractivity contribution in [1.82, 2.24) is 0 Å². The molecule has 2 rings (SSSR count). The highest BCUT2D eigenvalue weighted by atomic mass is 32.1. The number of benzene rings is 1. The van der Waals surface area contributed by atoms with Gasteiger partial charge in [0, 0.05) is 6.08 Å². The fraction of sp³-hybridized carbons (Fsp3) is 0.211. The Balaban J connectivity index is 2.23. The van der Waals surface area contributed by atoms with Crippen LogP contribution < -0.4 is 11.1 Å². The Labute approximate surface area is 159 Å². The van der Waals surface area contributed by atoms with Gasteiger partial charge in [0.25, 0.3) is 5.91 Å². The highest BCUT2D eigenvalue weighted by Crippen LogP contribution is 2.33. The first-order valence-electron chi connectivity index (χ1n) is 8.07. The van der Waals surface area contributed by atoms with Crippen LogP contribution in [0.25, 0.3) is 6.08 Å². The van der Waals surface area contributed by atoms with Crippen molar-refractivity contribution in [3.63, 3.8) is 0 Å². The van der Waals surface area contributed by atoms with Gasteiger partial charge in [-0.1, -0.05) is 12.1 Å². The highest BCUT2D eigenvalue weighted by molar-refractivity contribution is 7.18. The van der Waals surface area contributed by atoms with E-state index in [1.165, 1.54) is 36.4 Å². The lowest BCUT2D eigenvalue weighted by molar-refractivity contribution is -0.111. The maximum absolute atomic E-state index is 12.9. The summed E-state index contributed by atoms with van der Waals surface area (Å²) in [6.45, 7) is 4.98. The third-order valence-corrected chi connectivity index (χ3v) is 4.64. The fourth-order valence-electron chi connectivity index (χ4n) is 2.26. The van der Waals surface area contributed by atoms with E-state index in [0.29, 0.717) is 11.1 Å². The zero-order valence-corrected chi connectivity index (χ0v) is 15.9. The first kappa shape index (κ1) is 20.3.